The van der Waals surface area contributed by atoms with Gasteiger partial charge in [-0.05, 0) is 18.2 Å². The van der Waals surface area contributed by atoms with E-state index in [4.69, 9.17) is 23.2 Å². The summed E-state index contributed by atoms with van der Waals surface area (Å²) in [5.41, 5.74) is 2.95. The van der Waals surface area contributed by atoms with Gasteiger partial charge in [0.05, 0.1) is 16.2 Å². The maximum Gasteiger partial charge on any atom is 0.294 e. The molecule has 0 saturated heterocycles. The number of hydrogen-bond acceptors (Lipinski definition) is 5. The summed E-state index contributed by atoms with van der Waals surface area (Å²) in [7, 11) is 0. The molecule has 0 bridgehead atoms. The Labute approximate surface area is 129 Å². The largest absolute Gasteiger partial charge is 0.506 e. The summed E-state index contributed by atoms with van der Waals surface area (Å²) in [5.74, 6) is -0.172. The Balaban J connectivity index is 2.23. The van der Waals surface area contributed by atoms with E-state index >= 15 is 0 Å². The SMILES string of the molecule is O=[N+]([O-])c1ccccc1N/N=C/c1cc(Cl)cc(Cl)c1O. The predicted molar refractivity (Wildman–Crippen MR) is 82.4 cm³/mol. The highest BCUT2D eigenvalue weighted by molar-refractivity contribution is 6.36. The van der Waals surface area contributed by atoms with Crippen molar-refractivity contribution < 1.29 is 10.0 Å². The molecule has 2 aromatic carbocycles. The molecule has 0 aliphatic heterocycles. The van der Waals surface area contributed by atoms with E-state index in [9.17, 15) is 15.2 Å². The number of hydrogen-bond donors (Lipinski definition) is 2. The van der Waals surface area contributed by atoms with Crippen molar-refractivity contribution >= 4 is 40.8 Å². The summed E-state index contributed by atoms with van der Waals surface area (Å²) < 4.78 is 0. The van der Waals surface area contributed by atoms with Gasteiger partial charge >= 0.3 is 0 Å². The molecule has 108 valence electrons. The average Bonchev–Trinajstić information content (AvgIpc) is 2.44. The van der Waals surface area contributed by atoms with Gasteiger partial charge in [0, 0.05) is 16.7 Å². The van der Waals surface area contributed by atoms with Gasteiger partial charge in [-0.2, -0.15) is 5.10 Å². The molecule has 0 amide bonds. The number of anilines is 1. The Bertz CT molecular complexity index is 720. The smallest absolute Gasteiger partial charge is 0.294 e. The Hall–Kier alpha value is -2.31. The van der Waals surface area contributed by atoms with Crippen molar-refractivity contribution in [2.45, 2.75) is 0 Å². The van der Waals surface area contributed by atoms with Crippen LogP contribution in [-0.2, 0) is 0 Å². The minimum Gasteiger partial charge on any atom is -0.506 e. The van der Waals surface area contributed by atoms with E-state index in [0.717, 1.165) is 0 Å². The van der Waals surface area contributed by atoms with Crippen LogP contribution in [-0.4, -0.2) is 16.2 Å². The van der Waals surface area contributed by atoms with E-state index in [0.29, 0.717) is 10.6 Å². The molecule has 0 saturated carbocycles. The minimum atomic E-state index is -0.522. The Morgan fingerprint density at radius 3 is 2.71 bits per heavy atom. The van der Waals surface area contributed by atoms with Gasteiger partial charge in [0.25, 0.3) is 5.69 Å². The second-order valence-electron chi connectivity index (χ2n) is 3.97. The third kappa shape index (κ3) is 3.62. The van der Waals surface area contributed by atoms with E-state index < -0.39 is 4.92 Å². The van der Waals surface area contributed by atoms with E-state index in [2.05, 4.69) is 10.5 Å². The first-order chi connectivity index (χ1) is 9.99. The summed E-state index contributed by atoms with van der Waals surface area (Å²) in [6, 6.07) is 8.92. The second-order valence-corrected chi connectivity index (χ2v) is 4.81. The van der Waals surface area contributed by atoms with Gasteiger partial charge in [0.2, 0.25) is 0 Å². The lowest BCUT2D eigenvalue weighted by atomic mass is 10.2. The third-order valence-corrected chi connectivity index (χ3v) is 3.05. The van der Waals surface area contributed by atoms with Crippen molar-refractivity contribution in [3.8, 4) is 5.75 Å². The number of para-hydroxylation sites is 2. The van der Waals surface area contributed by atoms with Crippen molar-refractivity contribution in [2.75, 3.05) is 5.43 Å². The van der Waals surface area contributed by atoms with Crippen LogP contribution in [0, 0.1) is 10.1 Å². The maximum atomic E-state index is 10.8. The lowest BCUT2D eigenvalue weighted by molar-refractivity contribution is -0.384. The lowest BCUT2D eigenvalue weighted by Gasteiger charge is -2.03. The Morgan fingerprint density at radius 2 is 2.00 bits per heavy atom. The molecule has 2 aromatic rings. The molecule has 0 fully saturated rings. The monoisotopic (exact) mass is 325 g/mol. The number of rotatable bonds is 4. The van der Waals surface area contributed by atoms with Crippen molar-refractivity contribution in [1.82, 2.24) is 0 Å². The molecule has 0 radical (unpaired) electrons. The Kier molecular flexibility index (Phi) is 4.62. The zero-order valence-corrected chi connectivity index (χ0v) is 12.0. The predicted octanol–water partition coefficient (Wildman–Crippen LogP) is 4.05. The average molecular weight is 326 g/mol. The molecule has 0 unspecified atom stereocenters. The zero-order valence-electron chi connectivity index (χ0n) is 10.5. The normalized spacial score (nSPS) is 10.8. The molecule has 8 heteroatoms. The quantitative estimate of drug-likeness (QED) is 0.504. The topological polar surface area (TPSA) is 87.8 Å². The number of nitro groups is 1. The van der Waals surface area contributed by atoms with E-state index in [1.165, 1.54) is 30.5 Å². The number of nitrogens with zero attached hydrogens (tertiary/aromatic N) is 2. The fourth-order valence-electron chi connectivity index (χ4n) is 1.58. The van der Waals surface area contributed by atoms with Crippen LogP contribution in [0.5, 0.6) is 5.75 Å². The highest BCUT2D eigenvalue weighted by atomic mass is 35.5. The summed E-state index contributed by atoms with van der Waals surface area (Å²) in [6.45, 7) is 0. The van der Waals surface area contributed by atoms with Crippen molar-refractivity contribution in [3.05, 3.63) is 62.1 Å². The van der Waals surface area contributed by atoms with Crippen LogP contribution in [0.25, 0.3) is 0 Å². The summed E-state index contributed by atoms with van der Waals surface area (Å²) in [5, 5.41) is 24.9. The van der Waals surface area contributed by atoms with Crippen LogP contribution in [0.1, 0.15) is 5.56 Å². The zero-order chi connectivity index (χ0) is 15.4. The highest BCUT2D eigenvalue weighted by Crippen LogP contribution is 2.30. The van der Waals surface area contributed by atoms with E-state index in [-0.39, 0.29) is 22.1 Å². The first-order valence-electron chi connectivity index (χ1n) is 5.69. The molecule has 0 spiro atoms. The number of halogens is 2. The lowest BCUT2D eigenvalue weighted by Crippen LogP contribution is -1.96. The molecule has 0 aliphatic carbocycles. The molecule has 0 heterocycles. The number of nitro benzene ring substituents is 1. The van der Waals surface area contributed by atoms with Crippen LogP contribution in [0.3, 0.4) is 0 Å². The number of aromatic hydroxyl groups is 1. The first-order valence-corrected chi connectivity index (χ1v) is 6.45. The number of phenolic OH excluding ortho intramolecular Hbond substituents is 1. The van der Waals surface area contributed by atoms with Crippen molar-refractivity contribution in [1.29, 1.82) is 0 Å². The van der Waals surface area contributed by atoms with Gasteiger partial charge in [-0.3, -0.25) is 15.5 Å². The first kappa shape index (κ1) is 15.1. The number of hydrazone groups is 1. The number of benzene rings is 2. The fraction of sp³-hybridized carbons (Fsp3) is 0. The van der Waals surface area contributed by atoms with Gasteiger partial charge in [0.1, 0.15) is 11.4 Å². The summed E-state index contributed by atoms with van der Waals surface area (Å²) in [6.07, 6.45) is 1.27. The van der Waals surface area contributed by atoms with Crippen LogP contribution in [0.4, 0.5) is 11.4 Å². The molecular weight excluding hydrogens is 317 g/mol. The molecule has 2 N–H and O–H groups in total. The second kappa shape index (κ2) is 6.43. The van der Waals surface area contributed by atoms with Gasteiger partial charge < -0.3 is 5.11 Å². The molecule has 21 heavy (non-hydrogen) atoms. The highest BCUT2D eigenvalue weighted by Gasteiger charge is 2.11. The molecule has 0 aliphatic rings. The van der Waals surface area contributed by atoms with Crippen molar-refractivity contribution in [2.24, 2.45) is 5.10 Å². The Morgan fingerprint density at radius 1 is 1.29 bits per heavy atom. The van der Waals surface area contributed by atoms with Crippen LogP contribution in [0.2, 0.25) is 10.0 Å². The van der Waals surface area contributed by atoms with Gasteiger partial charge in [-0.25, -0.2) is 0 Å². The standard InChI is InChI=1S/C13H9Cl2N3O3/c14-9-5-8(13(19)10(15)6-9)7-16-17-11-3-1-2-4-12(11)18(20)21/h1-7,17,19H/b16-7+. The van der Waals surface area contributed by atoms with Crippen LogP contribution >= 0.6 is 23.2 Å². The molecular formula is C13H9Cl2N3O3. The minimum absolute atomic E-state index is 0.0923. The molecule has 0 atom stereocenters. The van der Waals surface area contributed by atoms with E-state index in [1.807, 2.05) is 0 Å². The summed E-state index contributed by atoms with van der Waals surface area (Å²) >= 11 is 11.6. The fourth-order valence-corrected chi connectivity index (χ4v) is 2.09. The molecule has 2 rings (SSSR count). The van der Waals surface area contributed by atoms with Crippen molar-refractivity contribution in [3.63, 3.8) is 0 Å². The summed E-state index contributed by atoms with van der Waals surface area (Å²) in [4.78, 5) is 10.3. The van der Waals surface area contributed by atoms with Crippen LogP contribution < -0.4 is 5.43 Å². The number of phenols is 1. The molecule has 0 aromatic heterocycles. The maximum absolute atomic E-state index is 10.8. The van der Waals surface area contributed by atoms with E-state index in [1.54, 1.807) is 12.1 Å². The van der Waals surface area contributed by atoms with Crippen LogP contribution in [0.15, 0.2) is 41.5 Å². The molecule has 6 nitrogen and oxygen atoms in total. The third-order valence-electron chi connectivity index (χ3n) is 2.55. The number of nitrogens with one attached hydrogen (secondary N) is 1. The van der Waals surface area contributed by atoms with Gasteiger partial charge in [-0.1, -0.05) is 35.3 Å². The van der Waals surface area contributed by atoms with Gasteiger partial charge in [0.15, 0.2) is 0 Å². The van der Waals surface area contributed by atoms with Gasteiger partial charge in [-0.15, -0.1) is 0 Å².